The minimum Gasteiger partial charge on any atom is -0.481 e. The van der Waals surface area contributed by atoms with Crippen LogP contribution in [-0.4, -0.2) is 23.1 Å². The standard InChI is InChI=1S/C10H12N2O4/c1-5(9(12)13)16-6-2-3-8(11)7(4-6)10(14)15/h2-5H,11H2,1H3,(H2,12,13)(H,14,15). The zero-order valence-electron chi connectivity index (χ0n) is 8.64. The molecule has 1 aromatic rings. The van der Waals surface area contributed by atoms with Crippen LogP contribution in [0, 0.1) is 0 Å². The Morgan fingerprint density at radius 2 is 2.06 bits per heavy atom. The Morgan fingerprint density at radius 1 is 1.44 bits per heavy atom. The van der Waals surface area contributed by atoms with Crippen molar-refractivity contribution < 1.29 is 19.4 Å². The number of hydrogen-bond donors (Lipinski definition) is 3. The molecule has 0 saturated heterocycles. The first-order valence-electron chi connectivity index (χ1n) is 4.50. The van der Waals surface area contributed by atoms with Gasteiger partial charge in [-0.1, -0.05) is 0 Å². The Bertz CT molecular complexity index is 431. The van der Waals surface area contributed by atoms with Gasteiger partial charge in [-0.05, 0) is 25.1 Å². The Balaban J connectivity index is 2.95. The average molecular weight is 224 g/mol. The van der Waals surface area contributed by atoms with Crippen LogP contribution in [0.1, 0.15) is 17.3 Å². The second-order valence-electron chi connectivity index (χ2n) is 3.22. The second kappa shape index (κ2) is 4.52. The molecule has 1 unspecified atom stereocenters. The summed E-state index contributed by atoms with van der Waals surface area (Å²) in [4.78, 5) is 21.5. The highest BCUT2D eigenvalue weighted by molar-refractivity contribution is 5.94. The molecule has 0 spiro atoms. The smallest absolute Gasteiger partial charge is 0.337 e. The number of nitrogen functional groups attached to an aromatic ring is 1. The van der Waals surface area contributed by atoms with Crippen molar-refractivity contribution in [2.45, 2.75) is 13.0 Å². The molecule has 0 fully saturated rings. The lowest BCUT2D eigenvalue weighted by Crippen LogP contribution is -2.30. The predicted octanol–water partition coefficient (Wildman–Crippen LogP) is 0.220. The number of nitrogens with two attached hydrogens (primary N) is 2. The second-order valence-corrected chi connectivity index (χ2v) is 3.22. The monoisotopic (exact) mass is 224 g/mol. The first-order chi connectivity index (χ1) is 7.41. The summed E-state index contributed by atoms with van der Waals surface area (Å²) >= 11 is 0. The maximum Gasteiger partial charge on any atom is 0.337 e. The molecule has 1 aromatic carbocycles. The fourth-order valence-electron chi connectivity index (χ4n) is 1.06. The molecular weight excluding hydrogens is 212 g/mol. The van der Waals surface area contributed by atoms with Crippen LogP contribution < -0.4 is 16.2 Å². The van der Waals surface area contributed by atoms with Gasteiger partial charge in [0, 0.05) is 5.69 Å². The topological polar surface area (TPSA) is 116 Å². The predicted molar refractivity (Wildman–Crippen MR) is 57.1 cm³/mol. The van der Waals surface area contributed by atoms with E-state index in [1.807, 2.05) is 0 Å². The van der Waals surface area contributed by atoms with E-state index in [9.17, 15) is 9.59 Å². The van der Waals surface area contributed by atoms with Crippen LogP contribution in [0.2, 0.25) is 0 Å². The lowest BCUT2D eigenvalue weighted by Gasteiger charge is -2.12. The Hall–Kier alpha value is -2.24. The van der Waals surface area contributed by atoms with E-state index < -0.39 is 18.0 Å². The molecule has 1 amide bonds. The summed E-state index contributed by atoms with van der Waals surface area (Å²) < 4.78 is 5.13. The summed E-state index contributed by atoms with van der Waals surface area (Å²) in [5.74, 6) is -1.55. The van der Waals surface area contributed by atoms with Crippen molar-refractivity contribution in [3.63, 3.8) is 0 Å². The van der Waals surface area contributed by atoms with Gasteiger partial charge in [-0.25, -0.2) is 4.79 Å². The molecule has 5 N–H and O–H groups in total. The Morgan fingerprint density at radius 3 is 2.56 bits per heavy atom. The van der Waals surface area contributed by atoms with Crippen LogP contribution >= 0.6 is 0 Å². The summed E-state index contributed by atoms with van der Waals surface area (Å²) in [6, 6.07) is 4.12. The number of rotatable bonds is 4. The molecule has 1 atom stereocenters. The summed E-state index contributed by atoms with van der Waals surface area (Å²) in [6.07, 6.45) is -0.828. The van der Waals surface area contributed by atoms with E-state index >= 15 is 0 Å². The van der Waals surface area contributed by atoms with E-state index in [1.165, 1.54) is 25.1 Å². The number of carboxylic acids is 1. The third-order valence-corrected chi connectivity index (χ3v) is 1.97. The number of aromatic carboxylic acids is 1. The van der Waals surface area contributed by atoms with Crippen LogP contribution in [0.3, 0.4) is 0 Å². The average Bonchev–Trinajstić information content (AvgIpc) is 2.20. The number of anilines is 1. The van der Waals surface area contributed by atoms with Crippen molar-refractivity contribution in [2.24, 2.45) is 5.73 Å². The van der Waals surface area contributed by atoms with E-state index in [4.69, 9.17) is 21.3 Å². The molecule has 1 rings (SSSR count). The highest BCUT2D eigenvalue weighted by atomic mass is 16.5. The number of amides is 1. The van der Waals surface area contributed by atoms with Crippen molar-refractivity contribution in [1.82, 2.24) is 0 Å². The van der Waals surface area contributed by atoms with Gasteiger partial charge in [-0.3, -0.25) is 4.79 Å². The molecule has 0 aliphatic heterocycles. The number of carbonyl (C=O) groups is 2. The van der Waals surface area contributed by atoms with Gasteiger partial charge in [0.2, 0.25) is 0 Å². The highest BCUT2D eigenvalue weighted by Gasteiger charge is 2.13. The lowest BCUT2D eigenvalue weighted by atomic mass is 10.2. The number of benzene rings is 1. The van der Waals surface area contributed by atoms with Crippen LogP contribution in [0.4, 0.5) is 5.69 Å². The summed E-state index contributed by atoms with van der Waals surface area (Å²) in [5.41, 5.74) is 10.5. The first kappa shape index (κ1) is 11.8. The Labute approximate surface area is 91.8 Å². The fraction of sp³-hybridized carbons (Fsp3) is 0.200. The maximum absolute atomic E-state index is 10.8. The summed E-state index contributed by atoms with van der Waals surface area (Å²) in [7, 11) is 0. The first-order valence-corrected chi connectivity index (χ1v) is 4.50. The van der Waals surface area contributed by atoms with Crippen LogP contribution in [0.15, 0.2) is 18.2 Å². The normalized spacial score (nSPS) is 11.8. The van der Waals surface area contributed by atoms with Gasteiger partial charge in [-0.15, -0.1) is 0 Å². The zero-order chi connectivity index (χ0) is 12.3. The van der Waals surface area contributed by atoms with Crippen molar-refractivity contribution >= 4 is 17.6 Å². The van der Waals surface area contributed by atoms with E-state index in [0.29, 0.717) is 0 Å². The van der Waals surface area contributed by atoms with E-state index in [2.05, 4.69) is 0 Å². The number of carboxylic acid groups (broad SMARTS) is 1. The third kappa shape index (κ3) is 2.63. The molecule has 0 heterocycles. The molecule has 0 aliphatic rings. The van der Waals surface area contributed by atoms with Crippen molar-refractivity contribution in [2.75, 3.05) is 5.73 Å². The fourth-order valence-corrected chi connectivity index (χ4v) is 1.06. The van der Waals surface area contributed by atoms with E-state index in [0.717, 1.165) is 0 Å². The Kier molecular flexibility index (Phi) is 3.34. The van der Waals surface area contributed by atoms with Crippen molar-refractivity contribution in [3.8, 4) is 5.75 Å². The summed E-state index contributed by atoms with van der Waals surface area (Å²) in [6.45, 7) is 1.47. The van der Waals surface area contributed by atoms with Gasteiger partial charge in [0.1, 0.15) is 5.75 Å². The molecular formula is C10H12N2O4. The SMILES string of the molecule is CC(Oc1ccc(N)c(C(=O)O)c1)C(N)=O. The molecule has 0 bridgehead atoms. The van der Waals surface area contributed by atoms with Gasteiger partial charge < -0.3 is 21.3 Å². The quantitative estimate of drug-likeness (QED) is 0.632. The number of hydrogen-bond acceptors (Lipinski definition) is 4. The molecule has 6 heteroatoms. The van der Waals surface area contributed by atoms with Crippen LogP contribution in [-0.2, 0) is 4.79 Å². The molecule has 6 nitrogen and oxygen atoms in total. The van der Waals surface area contributed by atoms with Crippen LogP contribution in [0.5, 0.6) is 5.75 Å². The van der Waals surface area contributed by atoms with Crippen molar-refractivity contribution in [1.29, 1.82) is 0 Å². The maximum atomic E-state index is 10.8. The van der Waals surface area contributed by atoms with E-state index in [-0.39, 0.29) is 17.0 Å². The van der Waals surface area contributed by atoms with Gasteiger partial charge in [0.15, 0.2) is 6.10 Å². The van der Waals surface area contributed by atoms with E-state index in [1.54, 1.807) is 0 Å². The van der Waals surface area contributed by atoms with Crippen molar-refractivity contribution in [3.05, 3.63) is 23.8 Å². The number of carbonyl (C=O) groups excluding carboxylic acids is 1. The van der Waals surface area contributed by atoms with Crippen LogP contribution in [0.25, 0.3) is 0 Å². The largest absolute Gasteiger partial charge is 0.481 e. The zero-order valence-corrected chi connectivity index (χ0v) is 8.64. The number of primary amides is 1. The highest BCUT2D eigenvalue weighted by Crippen LogP contribution is 2.20. The molecule has 0 radical (unpaired) electrons. The molecule has 0 saturated carbocycles. The molecule has 0 aliphatic carbocycles. The molecule has 86 valence electrons. The summed E-state index contributed by atoms with van der Waals surface area (Å²) in [5, 5.41) is 8.81. The van der Waals surface area contributed by atoms with Gasteiger partial charge >= 0.3 is 5.97 Å². The molecule has 16 heavy (non-hydrogen) atoms. The lowest BCUT2D eigenvalue weighted by molar-refractivity contribution is -0.123. The minimum atomic E-state index is -1.16. The number of ether oxygens (including phenoxy) is 1. The minimum absolute atomic E-state index is 0.0748. The third-order valence-electron chi connectivity index (χ3n) is 1.97. The molecule has 0 aromatic heterocycles. The van der Waals surface area contributed by atoms with Gasteiger partial charge in [-0.2, -0.15) is 0 Å². The van der Waals surface area contributed by atoms with Gasteiger partial charge in [0.25, 0.3) is 5.91 Å². The van der Waals surface area contributed by atoms with Gasteiger partial charge in [0.05, 0.1) is 5.56 Å².